The van der Waals surface area contributed by atoms with Crippen molar-refractivity contribution in [3.8, 4) is 34.4 Å². The molecule has 3 aromatic rings. The topological polar surface area (TPSA) is 78.8 Å². The Balaban J connectivity index is 2.19. The Bertz CT molecular complexity index is 1090. The van der Waals surface area contributed by atoms with Gasteiger partial charge in [0.15, 0.2) is 0 Å². The van der Waals surface area contributed by atoms with Crippen molar-refractivity contribution in [1.82, 2.24) is 4.57 Å². The fraction of sp³-hybridized carbons (Fsp3) is 0.190. The number of hydrogen-bond acceptors (Lipinski definition) is 5. The van der Waals surface area contributed by atoms with Crippen molar-refractivity contribution in [2.75, 3.05) is 6.61 Å². The molecule has 0 fully saturated rings. The van der Waals surface area contributed by atoms with Crippen molar-refractivity contribution in [2.45, 2.75) is 13.8 Å². The van der Waals surface area contributed by atoms with Gasteiger partial charge in [0.05, 0.1) is 12.2 Å². The normalized spacial score (nSPS) is 10.3. The molecule has 0 aliphatic heterocycles. The van der Waals surface area contributed by atoms with Crippen LogP contribution in [0.3, 0.4) is 0 Å². The molecule has 27 heavy (non-hydrogen) atoms. The van der Waals surface area contributed by atoms with Crippen molar-refractivity contribution >= 4 is 17.3 Å². The second-order valence-electron chi connectivity index (χ2n) is 5.92. The third-order valence-electron chi connectivity index (χ3n) is 4.42. The highest BCUT2D eigenvalue weighted by Crippen LogP contribution is 2.35. The van der Waals surface area contributed by atoms with E-state index in [1.807, 2.05) is 35.7 Å². The number of esters is 1. The summed E-state index contributed by atoms with van der Waals surface area (Å²) in [6.07, 6.45) is 0. The molecular formula is C21H17N3O2S. The molecule has 2 heterocycles. The first kappa shape index (κ1) is 18.4. The molecule has 0 N–H and O–H groups in total. The number of aromatic nitrogens is 1. The van der Waals surface area contributed by atoms with E-state index in [4.69, 9.17) is 4.74 Å². The summed E-state index contributed by atoms with van der Waals surface area (Å²) in [6, 6.07) is 13.8. The van der Waals surface area contributed by atoms with Gasteiger partial charge in [-0.15, -0.1) is 11.3 Å². The van der Waals surface area contributed by atoms with Crippen LogP contribution in [-0.4, -0.2) is 17.1 Å². The summed E-state index contributed by atoms with van der Waals surface area (Å²) < 4.78 is 6.58. The van der Waals surface area contributed by atoms with Crippen LogP contribution in [-0.2, 0) is 11.8 Å². The summed E-state index contributed by atoms with van der Waals surface area (Å²) in [5.41, 5.74) is 3.89. The number of carbonyl (C=O) groups is 1. The van der Waals surface area contributed by atoms with Gasteiger partial charge in [-0.25, -0.2) is 4.79 Å². The van der Waals surface area contributed by atoms with Gasteiger partial charge in [-0.2, -0.15) is 10.5 Å². The lowest BCUT2D eigenvalue weighted by molar-refractivity contribution is 0.0516. The number of benzene rings is 1. The zero-order valence-corrected chi connectivity index (χ0v) is 16.1. The van der Waals surface area contributed by atoms with E-state index in [9.17, 15) is 15.3 Å². The Labute approximate surface area is 161 Å². The maximum Gasteiger partial charge on any atom is 0.355 e. The van der Waals surface area contributed by atoms with E-state index in [1.165, 1.54) is 9.44 Å². The van der Waals surface area contributed by atoms with Gasteiger partial charge >= 0.3 is 5.97 Å². The van der Waals surface area contributed by atoms with Crippen LogP contribution >= 0.6 is 11.3 Å². The van der Waals surface area contributed by atoms with Gasteiger partial charge in [0.2, 0.25) is 0 Å². The van der Waals surface area contributed by atoms with Crippen molar-refractivity contribution in [2.24, 2.45) is 7.05 Å². The van der Waals surface area contributed by atoms with E-state index in [0.717, 1.165) is 11.1 Å². The number of carbonyl (C=O) groups excluding carboxylic acids is 1. The molecule has 134 valence electrons. The minimum Gasteiger partial charge on any atom is -0.461 e. The van der Waals surface area contributed by atoms with Crippen molar-refractivity contribution < 1.29 is 9.53 Å². The Morgan fingerprint density at radius 2 is 1.81 bits per heavy atom. The predicted molar refractivity (Wildman–Crippen MR) is 104 cm³/mol. The third kappa shape index (κ3) is 3.12. The number of ether oxygens (including phenoxy) is 1. The largest absolute Gasteiger partial charge is 0.461 e. The van der Waals surface area contributed by atoms with Crippen LogP contribution in [0.2, 0.25) is 0 Å². The molecular weight excluding hydrogens is 358 g/mol. The van der Waals surface area contributed by atoms with Crippen LogP contribution < -0.4 is 0 Å². The SMILES string of the molecule is CCOC(=O)c1c(-c2ccc(-c3ccsc3C)cc2)c(C#N)c(C#N)n1C. The molecule has 0 amide bonds. The Morgan fingerprint density at radius 1 is 1.15 bits per heavy atom. The van der Waals surface area contributed by atoms with Crippen LogP contribution in [0.25, 0.3) is 22.3 Å². The summed E-state index contributed by atoms with van der Waals surface area (Å²) in [5.74, 6) is -0.550. The van der Waals surface area contributed by atoms with Gasteiger partial charge in [0.1, 0.15) is 23.5 Å². The first-order chi connectivity index (χ1) is 13.0. The highest BCUT2D eigenvalue weighted by molar-refractivity contribution is 7.10. The van der Waals surface area contributed by atoms with Crippen molar-refractivity contribution in [1.29, 1.82) is 10.5 Å². The first-order valence-corrected chi connectivity index (χ1v) is 9.26. The number of nitriles is 2. The van der Waals surface area contributed by atoms with Gasteiger partial charge < -0.3 is 9.30 Å². The molecule has 3 rings (SSSR count). The minimum absolute atomic E-state index is 0.147. The van der Waals surface area contributed by atoms with Crippen LogP contribution in [0.1, 0.15) is 33.5 Å². The lowest BCUT2D eigenvalue weighted by Crippen LogP contribution is -2.11. The van der Waals surface area contributed by atoms with Gasteiger partial charge in [0.25, 0.3) is 0 Å². The Hall–Kier alpha value is -3.35. The summed E-state index contributed by atoms with van der Waals surface area (Å²) in [5, 5.41) is 21.1. The molecule has 0 saturated heterocycles. The van der Waals surface area contributed by atoms with E-state index in [2.05, 4.69) is 19.1 Å². The first-order valence-electron chi connectivity index (χ1n) is 8.38. The molecule has 0 unspecified atom stereocenters. The summed E-state index contributed by atoms with van der Waals surface area (Å²) in [4.78, 5) is 13.7. The summed E-state index contributed by atoms with van der Waals surface area (Å²) in [7, 11) is 1.60. The second kappa shape index (κ2) is 7.49. The van der Waals surface area contributed by atoms with Gasteiger partial charge in [-0.1, -0.05) is 24.3 Å². The Morgan fingerprint density at radius 3 is 2.33 bits per heavy atom. The Kier molecular flexibility index (Phi) is 5.12. The van der Waals surface area contributed by atoms with Crippen LogP contribution in [0.4, 0.5) is 0 Å². The van der Waals surface area contributed by atoms with E-state index < -0.39 is 5.97 Å². The van der Waals surface area contributed by atoms with Crippen LogP contribution in [0.15, 0.2) is 35.7 Å². The zero-order valence-electron chi connectivity index (χ0n) is 15.2. The van der Waals surface area contributed by atoms with E-state index >= 15 is 0 Å². The molecule has 0 saturated carbocycles. The van der Waals surface area contributed by atoms with Crippen molar-refractivity contribution in [3.05, 3.63) is 57.5 Å². The molecule has 0 bridgehead atoms. The van der Waals surface area contributed by atoms with Crippen LogP contribution in [0.5, 0.6) is 0 Å². The standard InChI is InChI=1S/C21H17N3O2S/c1-4-26-21(25)20-19(17(11-22)18(12-23)24(20)3)15-7-5-14(6-8-15)16-9-10-27-13(16)2/h5-10H,4H2,1-3H3. The van der Waals surface area contributed by atoms with E-state index in [0.29, 0.717) is 11.1 Å². The number of rotatable bonds is 4. The monoisotopic (exact) mass is 375 g/mol. The molecule has 0 aliphatic carbocycles. The highest BCUT2D eigenvalue weighted by Gasteiger charge is 2.27. The van der Waals surface area contributed by atoms with Crippen LogP contribution in [0, 0.1) is 29.6 Å². The molecule has 0 atom stereocenters. The number of thiophene rings is 1. The maximum absolute atomic E-state index is 12.5. The fourth-order valence-electron chi connectivity index (χ4n) is 3.14. The fourth-order valence-corrected chi connectivity index (χ4v) is 3.87. The minimum atomic E-state index is -0.550. The molecule has 6 heteroatoms. The molecule has 0 spiro atoms. The lowest BCUT2D eigenvalue weighted by atomic mass is 9.97. The molecule has 2 aromatic heterocycles. The van der Waals surface area contributed by atoms with E-state index in [1.54, 1.807) is 25.3 Å². The average molecular weight is 375 g/mol. The number of aryl methyl sites for hydroxylation is 1. The van der Waals surface area contributed by atoms with Gasteiger partial charge in [0, 0.05) is 17.5 Å². The third-order valence-corrected chi connectivity index (χ3v) is 5.27. The number of hydrogen-bond donors (Lipinski definition) is 0. The quantitative estimate of drug-likeness (QED) is 0.622. The average Bonchev–Trinajstić information content (AvgIpc) is 3.22. The molecule has 5 nitrogen and oxygen atoms in total. The zero-order chi connectivity index (χ0) is 19.6. The predicted octanol–water partition coefficient (Wildman–Crippen LogP) is 4.65. The summed E-state index contributed by atoms with van der Waals surface area (Å²) >= 11 is 1.68. The highest BCUT2D eigenvalue weighted by atomic mass is 32.1. The van der Waals surface area contributed by atoms with Gasteiger partial charge in [-0.3, -0.25) is 0 Å². The molecule has 0 radical (unpaired) electrons. The lowest BCUT2D eigenvalue weighted by Gasteiger charge is -2.08. The number of nitrogens with zero attached hydrogens (tertiary/aromatic N) is 3. The smallest absolute Gasteiger partial charge is 0.355 e. The molecule has 1 aromatic carbocycles. The van der Waals surface area contributed by atoms with E-state index in [-0.39, 0.29) is 23.6 Å². The molecule has 0 aliphatic rings. The summed E-state index contributed by atoms with van der Waals surface area (Å²) in [6.45, 7) is 4.00. The second-order valence-corrected chi connectivity index (χ2v) is 7.04. The van der Waals surface area contributed by atoms with Gasteiger partial charge in [-0.05, 0) is 42.0 Å². The van der Waals surface area contributed by atoms with Crippen molar-refractivity contribution in [3.63, 3.8) is 0 Å². The maximum atomic E-state index is 12.5.